The fraction of sp³-hybridized carbons (Fsp3) is 0.348. The third-order valence-electron chi connectivity index (χ3n) is 5.63. The third-order valence-corrected chi connectivity index (χ3v) is 5.63. The molecule has 0 atom stereocenters. The number of hydrogen-bond donors (Lipinski definition) is 1. The number of nitriles is 1. The molecule has 0 aliphatic carbocycles. The van der Waals surface area contributed by atoms with Crippen LogP contribution in [0.1, 0.15) is 35.4 Å². The number of hydrogen-bond acceptors (Lipinski definition) is 7. The Morgan fingerprint density at radius 1 is 1.23 bits per heavy atom. The number of ether oxygens (including phenoxy) is 1. The highest BCUT2D eigenvalue weighted by molar-refractivity contribution is 5.77. The van der Waals surface area contributed by atoms with Gasteiger partial charge in [0.2, 0.25) is 17.5 Å². The molecule has 2 N–H and O–H groups in total. The van der Waals surface area contributed by atoms with E-state index in [9.17, 15) is 10.1 Å². The van der Waals surface area contributed by atoms with Crippen molar-refractivity contribution in [1.29, 1.82) is 5.26 Å². The molecule has 1 aliphatic rings. The molecule has 4 rings (SSSR count). The SMILES string of the molecule is Cc1ccc(OCc2ccc(-c3nc(C#N)c(N4CCC(C(N)=O)CC4)o3)o2)cc1C. The molecule has 2 aromatic heterocycles. The molecule has 0 saturated carbocycles. The summed E-state index contributed by atoms with van der Waals surface area (Å²) in [5, 5.41) is 9.48. The van der Waals surface area contributed by atoms with E-state index in [-0.39, 0.29) is 30.0 Å². The lowest BCUT2D eigenvalue weighted by Gasteiger charge is -2.30. The summed E-state index contributed by atoms with van der Waals surface area (Å²) in [6, 6.07) is 11.5. The number of anilines is 1. The molecular weight excluding hydrogens is 396 g/mol. The number of furan rings is 1. The van der Waals surface area contributed by atoms with Crippen LogP contribution < -0.4 is 15.4 Å². The Hall–Kier alpha value is -3.73. The largest absolute Gasteiger partial charge is 0.486 e. The van der Waals surface area contributed by atoms with Crippen molar-refractivity contribution in [3.05, 3.63) is 52.9 Å². The number of amides is 1. The van der Waals surface area contributed by atoms with Gasteiger partial charge in [0.05, 0.1) is 0 Å². The van der Waals surface area contributed by atoms with Gasteiger partial charge in [-0.15, -0.1) is 0 Å². The Kier molecular flexibility index (Phi) is 5.67. The number of primary amides is 1. The third kappa shape index (κ3) is 4.40. The lowest BCUT2D eigenvalue weighted by molar-refractivity contribution is -0.122. The van der Waals surface area contributed by atoms with Gasteiger partial charge in [-0.3, -0.25) is 4.79 Å². The summed E-state index contributed by atoms with van der Waals surface area (Å²) in [7, 11) is 0. The molecule has 0 unspecified atom stereocenters. The summed E-state index contributed by atoms with van der Waals surface area (Å²) in [4.78, 5) is 17.6. The number of piperidine rings is 1. The average Bonchev–Trinajstić information content (AvgIpc) is 3.41. The van der Waals surface area contributed by atoms with E-state index in [0.717, 1.165) is 11.3 Å². The molecule has 3 aromatic rings. The van der Waals surface area contributed by atoms with Crippen LogP contribution in [0.2, 0.25) is 0 Å². The second-order valence-corrected chi connectivity index (χ2v) is 7.75. The molecule has 1 aromatic carbocycles. The maximum Gasteiger partial charge on any atom is 0.266 e. The fourth-order valence-electron chi connectivity index (χ4n) is 3.60. The van der Waals surface area contributed by atoms with Crippen LogP contribution in [-0.4, -0.2) is 24.0 Å². The molecule has 8 heteroatoms. The lowest BCUT2D eigenvalue weighted by Crippen LogP contribution is -2.38. The van der Waals surface area contributed by atoms with E-state index in [0.29, 0.717) is 43.3 Å². The van der Waals surface area contributed by atoms with Gasteiger partial charge in [0.1, 0.15) is 24.2 Å². The van der Waals surface area contributed by atoms with Gasteiger partial charge in [0, 0.05) is 19.0 Å². The van der Waals surface area contributed by atoms with Gasteiger partial charge in [-0.05, 0) is 62.1 Å². The molecule has 1 aliphatic heterocycles. The summed E-state index contributed by atoms with van der Waals surface area (Å²) in [5.74, 6) is 2.01. The number of carbonyl (C=O) groups excluding carboxylic acids is 1. The van der Waals surface area contributed by atoms with E-state index in [1.165, 1.54) is 5.56 Å². The van der Waals surface area contributed by atoms with Crippen LogP contribution in [-0.2, 0) is 11.4 Å². The maximum atomic E-state index is 11.4. The predicted octanol–water partition coefficient (Wildman–Crippen LogP) is 3.70. The molecule has 31 heavy (non-hydrogen) atoms. The van der Waals surface area contributed by atoms with Gasteiger partial charge in [0.25, 0.3) is 5.89 Å². The van der Waals surface area contributed by atoms with Crippen molar-refractivity contribution in [2.45, 2.75) is 33.3 Å². The summed E-state index contributed by atoms with van der Waals surface area (Å²) < 4.78 is 17.5. The van der Waals surface area contributed by atoms with Crippen LogP contribution in [0.15, 0.2) is 39.2 Å². The monoisotopic (exact) mass is 420 g/mol. The quantitative estimate of drug-likeness (QED) is 0.646. The van der Waals surface area contributed by atoms with Crippen molar-refractivity contribution in [2.24, 2.45) is 11.7 Å². The van der Waals surface area contributed by atoms with E-state index in [1.54, 1.807) is 12.1 Å². The minimum absolute atomic E-state index is 0.144. The summed E-state index contributed by atoms with van der Waals surface area (Å²) in [5.41, 5.74) is 7.96. The van der Waals surface area contributed by atoms with Crippen LogP contribution in [0.5, 0.6) is 5.75 Å². The van der Waals surface area contributed by atoms with Crippen molar-refractivity contribution in [1.82, 2.24) is 4.98 Å². The maximum absolute atomic E-state index is 11.4. The average molecular weight is 420 g/mol. The zero-order valence-corrected chi connectivity index (χ0v) is 17.6. The number of nitrogens with two attached hydrogens (primary N) is 1. The van der Waals surface area contributed by atoms with Crippen molar-refractivity contribution in [3.8, 4) is 23.5 Å². The fourth-order valence-corrected chi connectivity index (χ4v) is 3.60. The molecule has 1 fully saturated rings. The Morgan fingerprint density at radius 2 is 2.00 bits per heavy atom. The zero-order chi connectivity index (χ0) is 22.0. The van der Waals surface area contributed by atoms with Crippen LogP contribution in [0.4, 0.5) is 5.88 Å². The summed E-state index contributed by atoms with van der Waals surface area (Å²) in [6.45, 7) is 5.50. The predicted molar refractivity (Wildman–Crippen MR) is 113 cm³/mol. The molecule has 0 radical (unpaired) electrons. The topological polar surface area (TPSA) is 119 Å². The number of aryl methyl sites for hydroxylation is 2. The minimum atomic E-state index is -0.287. The highest BCUT2D eigenvalue weighted by Gasteiger charge is 2.28. The van der Waals surface area contributed by atoms with Crippen LogP contribution in [0.3, 0.4) is 0 Å². The van der Waals surface area contributed by atoms with Crippen LogP contribution >= 0.6 is 0 Å². The molecule has 160 valence electrons. The zero-order valence-electron chi connectivity index (χ0n) is 17.6. The number of benzene rings is 1. The minimum Gasteiger partial charge on any atom is -0.486 e. The van der Waals surface area contributed by atoms with Crippen LogP contribution in [0.25, 0.3) is 11.7 Å². The van der Waals surface area contributed by atoms with E-state index in [4.69, 9.17) is 19.3 Å². The lowest BCUT2D eigenvalue weighted by atomic mass is 9.96. The number of aromatic nitrogens is 1. The number of nitrogens with zero attached hydrogens (tertiary/aromatic N) is 3. The summed E-state index contributed by atoms with van der Waals surface area (Å²) in [6.07, 6.45) is 1.24. The first-order valence-electron chi connectivity index (χ1n) is 10.2. The Bertz CT molecular complexity index is 1130. The molecule has 1 saturated heterocycles. The Labute approximate surface area is 180 Å². The van der Waals surface area contributed by atoms with Gasteiger partial charge >= 0.3 is 0 Å². The molecule has 1 amide bonds. The Balaban J connectivity index is 1.45. The van der Waals surface area contributed by atoms with Gasteiger partial charge in [-0.25, -0.2) is 0 Å². The van der Waals surface area contributed by atoms with Crippen molar-refractivity contribution in [2.75, 3.05) is 18.0 Å². The first-order valence-corrected chi connectivity index (χ1v) is 10.2. The molecular formula is C23H24N4O4. The molecule has 8 nitrogen and oxygen atoms in total. The summed E-state index contributed by atoms with van der Waals surface area (Å²) >= 11 is 0. The van der Waals surface area contributed by atoms with Crippen molar-refractivity contribution >= 4 is 11.8 Å². The molecule has 3 heterocycles. The first kappa shape index (κ1) is 20.5. The van der Waals surface area contributed by atoms with E-state index in [1.807, 2.05) is 30.0 Å². The van der Waals surface area contributed by atoms with Gasteiger partial charge in [0.15, 0.2) is 5.76 Å². The molecule has 0 spiro atoms. The van der Waals surface area contributed by atoms with Crippen molar-refractivity contribution < 1.29 is 18.4 Å². The van der Waals surface area contributed by atoms with E-state index >= 15 is 0 Å². The normalized spacial score (nSPS) is 14.4. The van der Waals surface area contributed by atoms with Crippen LogP contribution in [0, 0.1) is 31.1 Å². The smallest absolute Gasteiger partial charge is 0.266 e. The van der Waals surface area contributed by atoms with Crippen molar-refractivity contribution in [3.63, 3.8) is 0 Å². The van der Waals surface area contributed by atoms with E-state index in [2.05, 4.69) is 18.0 Å². The first-order chi connectivity index (χ1) is 14.9. The number of rotatable bonds is 6. The van der Waals surface area contributed by atoms with Gasteiger partial charge < -0.3 is 24.2 Å². The Morgan fingerprint density at radius 3 is 2.68 bits per heavy atom. The number of oxazole rings is 1. The van der Waals surface area contributed by atoms with Gasteiger partial charge in [-0.1, -0.05) is 6.07 Å². The second kappa shape index (κ2) is 8.56. The standard InChI is InChI=1S/C23H24N4O4/c1-14-3-4-17(11-15(14)2)29-13-18-5-6-20(30-18)22-26-19(12-24)23(31-22)27-9-7-16(8-10-27)21(25)28/h3-6,11,16H,7-10,13H2,1-2H3,(H2,25,28). The van der Waals surface area contributed by atoms with Gasteiger partial charge in [-0.2, -0.15) is 10.2 Å². The molecule has 0 bridgehead atoms. The number of carbonyl (C=O) groups is 1. The highest BCUT2D eigenvalue weighted by atomic mass is 16.5. The highest BCUT2D eigenvalue weighted by Crippen LogP contribution is 2.32. The second-order valence-electron chi connectivity index (χ2n) is 7.75. The van der Waals surface area contributed by atoms with E-state index < -0.39 is 0 Å².